The molecule has 0 aromatic carbocycles. The van der Waals surface area contributed by atoms with Crippen molar-refractivity contribution in [2.45, 2.75) is 45.4 Å². The van der Waals surface area contributed by atoms with Crippen LogP contribution in [0.2, 0.25) is 0 Å². The Hall–Kier alpha value is -0.610. The van der Waals surface area contributed by atoms with Crippen molar-refractivity contribution in [1.82, 2.24) is 5.32 Å². The van der Waals surface area contributed by atoms with Gasteiger partial charge in [-0.15, -0.1) is 0 Å². The fourth-order valence-electron chi connectivity index (χ4n) is 1.59. The molecule has 0 saturated carbocycles. The van der Waals surface area contributed by atoms with Crippen LogP contribution in [0.15, 0.2) is 0 Å². The highest BCUT2D eigenvalue weighted by Crippen LogP contribution is 2.06. The van der Waals surface area contributed by atoms with Crippen LogP contribution in [0.1, 0.15) is 45.4 Å². The summed E-state index contributed by atoms with van der Waals surface area (Å²) < 4.78 is 0. The van der Waals surface area contributed by atoms with Crippen LogP contribution in [0.4, 0.5) is 0 Å². The lowest BCUT2D eigenvalue weighted by molar-refractivity contribution is -0.121. The van der Waals surface area contributed by atoms with E-state index < -0.39 is 0 Å². The van der Waals surface area contributed by atoms with Crippen LogP contribution in [0.3, 0.4) is 0 Å². The molecule has 0 radical (unpaired) electrons. The maximum absolute atomic E-state index is 11.4. The Bertz CT molecular complexity index is 174. The number of hydrogen-bond donors (Lipinski definition) is 3. The van der Waals surface area contributed by atoms with Gasteiger partial charge in [-0.2, -0.15) is 0 Å². The number of hydrogen-bond acceptors (Lipinski definition) is 3. The summed E-state index contributed by atoms with van der Waals surface area (Å²) in [6.45, 7) is 3.67. The van der Waals surface area contributed by atoms with Gasteiger partial charge in [-0.3, -0.25) is 4.79 Å². The first-order valence-corrected chi connectivity index (χ1v) is 6.32. The SMILES string of the molecule is CCC(CCO)CNC(=O)CCCCCN. The van der Waals surface area contributed by atoms with E-state index in [0.29, 0.717) is 25.4 Å². The largest absolute Gasteiger partial charge is 0.396 e. The van der Waals surface area contributed by atoms with Crippen molar-refractivity contribution in [2.24, 2.45) is 11.7 Å². The third-order valence-corrected chi connectivity index (χ3v) is 2.81. The smallest absolute Gasteiger partial charge is 0.220 e. The van der Waals surface area contributed by atoms with Gasteiger partial charge in [0.1, 0.15) is 0 Å². The number of aliphatic hydroxyl groups excluding tert-OH is 1. The third kappa shape index (κ3) is 8.68. The maximum Gasteiger partial charge on any atom is 0.220 e. The van der Waals surface area contributed by atoms with Crippen LogP contribution >= 0.6 is 0 Å². The molecule has 0 rings (SSSR count). The molecule has 0 saturated heterocycles. The van der Waals surface area contributed by atoms with Gasteiger partial charge in [0.15, 0.2) is 0 Å². The molecule has 0 fully saturated rings. The summed E-state index contributed by atoms with van der Waals surface area (Å²) in [5.74, 6) is 0.520. The van der Waals surface area contributed by atoms with Crippen molar-refractivity contribution in [3.05, 3.63) is 0 Å². The summed E-state index contributed by atoms with van der Waals surface area (Å²) in [7, 11) is 0. The van der Waals surface area contributed by atoms with Gasteiger partial charge < -0.3 is 16.2 Å². The molecule has 0 heterocycles. The van der Waals surface area contributed by atoms with Gasteiger partial charge in [0.05, 0.1) is 0 Å². The Morgan fingerprint density at radius 3 is 2.69 bits per heavy atom. The second kappa shape index (κ2) is 10.9. The number of nitrogens with one attached hydrogen (secondary N) is 1. The van der Waals surface area contributed by atoms with Gasteiger partial charge in [0.2, 0.25) is 5.91 Å². The van der Waals surface area contributed by atoms with E-state index in [-0.39, 0.29) is 12.5 Å². The van der Waals surface area contributed by atoms with Gasteiger partial charge in [-0.05, 0) is 31.7 Å². The number of unbranched alkanes of at least 4 members (excludes halogenated alkanes) is 2. The first kappa shape index (κ1) is 15.4. The first-order valence-electron chi connectivity index (χ1n) is 6.32. The van der Waals surface area contributed by atoms with E-state index in [0.717, 1.165) is 32.1 Å². The summed E-state index contributed by atoms with van der Waals surface area (Å²) >= 11 is 0. The van der Waals surface area contributed by atoms with E-state index in [1.807, 2.05) is 0 Å². The van der Waals surface area contributed by atoms with Gasteiger partial charge in [-0.25, -0.2) is 0 Å². The molecular weight excluding hydrogens is 204 g/mol. The van der Waals surface area contributed by atoms with E-state index in [9.17, 15) is 4.79 Å². The minimum atomic E-state index is 0.119. The second-order valence-corrected chi connectivity index (χ2v) is 4.19. The van der Waals surface area contributed by atoms with Crippen molar-refractivity contribution in [2.75, 3.05) is 19.7 Å². The number of nitrogens with two attached hydrogens (primary N) is 1. The summed E-state index contributed by atoms with van der Waals surface area (Å²) in [5, 5.41) is 11.7. The van der Waals surface area contributed by atoms with Gasteiger partial charge in [-0.1, -0.05) is 19.8 Å². The minimum Gasteiger partial charge on any atom is -0.396 e. The normalized spacial score (nSPS) is 12.4. The number of carbonyl (C=O) groups excluding carboxylic acids is 1. The Morgan fingerprint density at radius 2 is 2.12 bits per heavy atom. The molecule has 0 bridgehead atoms. The number of carbonyl (C=O) groups is 1. The zero-order valence-electron chi connectivity index (χ0n) is 10.4. The monoisotopic (exact) mass is 230 g/mol. The average molecular weight is 230 g/mol. The molecule has 4 nitrogen and oxygen atoms in total. The zero-order valence-corrected chi connectivity index (χ0v) is 10.4. The van der Waals surface area contributed by atoms with E-state index in [1.165, 1.54) is 0 Å². The highest BCUT2D eigenvalue weighted by atomic mass is 16.3. The highest BCUT2D eigenvalue weighted by Gasteiger charge is 2.07. The van der Waals surface area contributed by atoms with Crippen molar-refractivity contribution in [3.63, 3.8) is 0 Å². The molecule has 4 N–H and O–H groups in total. The van der Waals surface area contributed by atoms with Crippen molar-refractivity contribution in [3.8, 4) is 0 Å². The number of amides is 1. The Kier molecular flexibility index (Phi) is 10.5. The van der Waals surface area contributed by atoms with Gasteiger partial charge in [0, 0.05) is 19.6 Å². The fourth-order valence-corrected chi connectivity index (χ4v) is 1.59. The Labute approximate surface area is 98.6 Å². The summed E-state index contributed by atoms with van der Waals surface area (Å²) in [6, 6.07) is 0. The molecule has 96 valence electrons. The third-order valence-electron chi connectivity index (χ3n) is 2.81. The predicted octanol–water partition coefficient (Wildman–Crippen LogP) is 1.03. The summed E-state index contributed by atoms with van der Waals surface area (Å²) in [4.78, 5) is 11.4. The molecule has 4 heteroatoms. The lowest BCUT2D eigenvalue weighted by atomic mass is 10.0. The number of rotatable bonds is 10. The van der Waals surface area contributed by atoms with Crippen LogP contribution in [-0.2, 0) is 4.79 Å². The summed E-state index contributed by atoms with van der Waals surface area (Å²) in [5.41, 5.74) is 5.37. The molecular formula is C12H26N2O2. The lowest BCUT2D eigenvalue weighted by Gasteiger charge is -2.14. The van der Waals surface area contributed by atoms with Crippen LogP contribution in [0.5, 0.6) is 0 Å². The molecule has 0 aromatic rings. The lowest BCUT2D eigenvalue weighted by Crippen LogP contribution is -2.29. The van der Waals surface area contributed by atoms with Crippen molar-refractivity contribution in [1.29, 1.82) is 0 Å². The summed E-state index contributed by atoms with van der Waals surface area (Å²) in [6.07, 6.45) is 5.29. The molecule has 1 atom stereocenters. The van der Waals surface area contributed by atoms with Crippen LogP contribution < -0.4 is 11.1 Å². The molecule has 0 aliphatic carbocycles. The van der Waals surface area contributed by atoms with E-state index >= 15 is 0 Å². The first-order chi connectivity index (χ1) is 7.74. The maximum atomic E-state index is 11.4. The van der Waals surface area contributed by atoms with Gasteiger partial charge >= 0.3 is 0 Å². The number of aliphatic hydroxyl groups is 1. The van der Waals surface area contributed by atoms with Gasteiger partial charge in [0.25, 0.3) is 0 Å². The van der Waals surface area contributed by atoms with Crippen LogP contribution in [0, 0.1) is 5.92 Å². The zero-order chi connectivity index (χ0) is 12.2. The van der Waals surface area contributed by atoms with E-state index in [4.69, 9.17) is 10.8 Å². The van der Waals surface area contributed by atoms with Crippen LogP contribution in [-0.4, -0.2) is 30.7 Å². The second-order valence-electron chi connectivity index (χ2n) is 4.19. The van der Waals surface area contributed by atoms with Crippen LogP contribution in [0.25, 0.3) is 0 Å². The standard InChI is InChI=1S/C12H26N2O2/c1-2-11(7-9-15)10-14-12(16)6-4-3-5-8-13/h11,15H,2-10,13H2,1H3,(H,14,16). The van der Waals surface area contributed by atoms with E-state index in [2.05, 4.69) is 12.2 Å². The molecule has 0 aliphatic rings. The topological polar surface area (TPSA) is 75.3 Å². The van der Waals surface area contributed by atoms with E-state index in [1.54, 1.807) is 0 Å². The molecule has 0 aliphatic heterocycles. The van der Waals surface area contributed by atoms with Crippen molar-refractivity contribution >= 4 is 5.91 Å². The molecule has 1 amide bonds. The quantitative estimate of drug-likeness (QED) is 0.491. The molecule has 0 spiro atoms. The Balaban J connectivity index is 3.47. The van der Waals surface area contributed by atoms with Crippen molar-refractivity contribution < 1.29 is 9.90 Å². The molecule has 16 heavy (non-hydrogen) atoms. The predicted molar refractivity (Wildman–Crippen MR) is 66.0 cm³/mol. The molecule has 0 aromatic heterocycles. The fraction of sp³-hybridized carbons (Fsp3) is 0.917. The minimum absolute atomic E-state index is 0.119. The highest BCUT2D eigenvalue weighted by molar-refractivity contribution is 5.75. The Morgan fingerprint density at radius 1 is 1.38 bits per heavy atom. The molecule has 1 unspecified atom stereocenters. The average Bonchev–Trinajstić information content (AvgIpc) is 2.30.